The number of amides is 1. The molecule has 0 bridgehead atoms. The molecular weight excluding hydrogens is 346 g/mol. The summed E-state index contributed by atoms with van der Waals surface area (Å²) in [5, 5.41) is 3.18. The monoisotopic (exact) mass is 377 g/mol. The highest BCUT2D eigenvalue weighted by molar-refractivity contribution is 5.98. The van der Waals surface area contributed by atoms with E-state index in [4.69, 9.17) is 0 Å². The highest BCUT2D eigenvalue weighted by atomic mass is 16.2. The Labute approximate surface area is 168 Å². The van der Waals surface area contributed by atoms with Gasteiger partial charge in [-0.3, -0.25) is 14.6 Å². The lowest BCUT2D eigenvalue weighted by molar-refractivity contribution is -0.121. The standard InChI is InChI=1S/C24H31N3O/c1-19(26-15-17-27(18-16-26)21-11-5-6-12-21)24(28)25-23-14-8-7-13-22(23)20-9-3-2-4-10-20/h2-4,7-10,13-14,19,21H,5-6,11-12,15-18H2,1H3,(H,25,28). The zero-order chi connectivity index (χ0) is 19.3. The lowest BCUT2D eigenvalue weighted by Gasteiger charge is -2.40. The molecule has 1 unspecified atom stereocenters. The number of anilines is 1. The number of benzene rings is 2. The van der Waals surface area contributed by atoms with Gasteiger partial charge in [-0.15, -0.1) is 0 Å². The lowest BCUT2D eigenvalue weighted by atomic mass is 10.0. The van der Waals surface area contributed by atoms with Gasteiger partial charge in [0.05, 0.1) is 6.04 Å². The Morgan fingerprint density at radius 1 is 0.929 bits per heavy atom. The van der Waals surface area contributed by atoms with Gasteiger partial charge in [-0.25, -0.2) is 0 Å². The van der Waals surface area contributed by atoms with E-state index in [0.29, 0.717) is 0 Å². The average molecular weight is 378 g/mol. The van der Waals surface area contributed by atoms with Gasteiger partial charge in [-0.2, -0.15) is 0 Å². The van der Waals surface area contributed by atoms with E-state index in [2.05, 4.69) is 33.3 Å². The molecule has 0 radical (unpaired) electrons. The molecular formula is C24H31N3O. The Morgan fingerprint density at radius 3 is 2.29 bits per heavy atom. The van der Waals surface area contributed by atoms with E-state index in [1.54, 1.807) is 0 Å². The summed E-state index contributed by atoms with van der Waals surface area (Å²) in [6, 6.07) is 18.9. The minimum atomic E-state index is -0.116. The van der Waals surface area contributed by atoms with Crippen molar-refractivity contribution < 1.29 is 4.79 Å². The summed E-state index contributed by atoms with van der Waals surface area (Å²) in [6.45, 7) is 6.16. The number of rotatable bonds is 5. The van der Waals surface area contributed by atoms with Gasteiger partial charge in [-0.1, -0.05) is 61.4 Å². The highest BCUT2D eigenvalue weighted by Crippen LogP contribution is 2.28. The van der Waals surface area contributed by atoms with Crippen LogP contribution in [0.2, 0.25) is 0 Å². The first-order valence-electron chi connectivity index (χ1n) is 10.7. The number of nitrogens with zero attached hydrogens (tertiary/aromatic N) is 2. The van der Waals surface area contributed by atoms with Crippen LogP contribution in [0.3, 0.4) is 0 Å². The molecule has 0 aromatic heterocycles. The molecule has 28 heavy (non-hydrogen) atoms. The van der Waals surface area contributed by atoms with Crippen LogP contribution in [0, 0.1) is 0 Å². The molecule has 2 aromatic rings. The Hall–Kier alpha value is -2.17. The van der Waals surface area contributed by atoms with Crippen LogP contribution in [-0.2, 0) is 4.79 Å². The largest absolute Gasteiger partial charge is 0.324 e. The van der Waals surface area contributed by atoms with Crippen molar-refractivity contribution in [2.24, 2.45) is 0 Å². The summed E-state index contributed by atoms with van der Waals surface area (Å²) < 4.78 is 0. The molecule has 4 nitrogen and oxygen atoms in total. The maximum atomic E-state index is 13.0. The third-order valence-electron chi connectivity index (χ3n) is 6.39. The van der Waals surface area contributed by atoms with Crippen LogP contribution in [0.1, 0.15) is 32.6 Å². The maximum absolute atomic E-state index is 13.0. The zero-order valence-corrected chi connectivity index (χ0v) is 16.8. The predicted octanol–water partition coefficient (Wildman–Crippen LogP) is 4.24. The minimum absolute atomic E-state index is 0.0812. The average Bonchev–Trinajstić information content (AvgIpc) is 3.29. The highest BCUT2D eigenvalue weighted by Gasteiger charge is 2.30. The first kappa shape index (κ1) is 19.2. The van der Waals surface area contributed by atoms with Crippen molar-refractivity contribution in [1.29, 1.82) is 0 Å². The van der Waals surface area contributed by atoms with Crippen LogP contribution in [0.4, 0.5) is 5.69 Å². The molecule has 0 spiro atoms. The van der Waals surface area contributed by atoms with E-state index in [9.17, 15) is 4.79 Å². The normalized spacial score (nSPS) is 20.2. The molecule has 1 saturated heterocycles. The molecule has 4 heteroatoms. The van der Waals surface area contributed by atoms with E-state index in [-0.39, 0.29) is 11.9 Å². The predicted molar refractivity (Wildman–Crippen MR) is 115 cm³/mol. The molecule has 2 fully saturated rings. The van der Waals surface area contributed by atoms with Gasteiger partial charge < -0.3 is 5.32 Å². The second-order valence-corrected chi connectivity index (χ2v) is 8.09. The zero-order valence-electron chi connectivity index (χ0n) is 16.8. The summed E-state index contributed by atoms with van der Waals surface area (Å²) >= 11 is 0. The van der Waals surface area contributed by atoms with Gasteiger partial charge in [0.2, 0.25) is 5.91 Å². The van der Waals surface area contributed by atoms with E-state index in [1.807, 2.05) is 43.3 Å². The number of para-hydroxylation sites is 1. The second kappa shape index (κ2) is 8.89. The lowest BCUT2D eigenvalue weighted by Crippen LogP contribution is -2.54. The molecule has 4 rings (SSSR count). The van der Waals surface area contributed by atoms with Crippen molar-refractivity contribution >= 4 is 11.6 Å². The smallest absolute Gasteiger partial charge is 0.241 e. The van der Waals surface area contributed by atoms with Crippen LogP contribution < -0.4 is 5.32 Å². The number of piperazine rings is 1. The Balaban J connectivity index is 1.38. The van der Waals surface area contributed by atoms with E-state index in [1.165, 1.54) is 25.7 Å². The van der Waals surface area contributed by atoms with E-state index in [0.717, 1.165) is 49.0 Å². The topological polar surface area (TPSA) is 35.6 Å². The van der Waals surface area contributed by atoms with E-state index >= 15 is 0 Å². The van der Waals surface area contributed by atoms with Crippen molar-refractivity contribution in [2.75, 3.05) is 31.5 Å². The molecule has 1 N–H and O–H groups in total. The van der Waals surface area contributed by atoms with Crippen LogP contribution in [0.15, 0.2) is 54.6 Å². The van der Waals surface area contributed by atoms with Crippen LogP contribution in [0.25, 0.3) is 11.1 Å². The van der Waals surface area contributed by atoms with Gasteiger partial charge in [0.1, 0.15) is 0 Å². The Bertz CT molecular complexity index is 777. The number of carbonyl (C=O) groups excluding carboxylic acids is 1. The first-order valence-corrected chi connectivity index (χ1v) is 10.7. The molecule has 148 valence electrons. The summed E-state index contributed by atoms with van der Waals surface area (Å²) in [5.41, 5.74) is 3.07. The van der Waals surface area contributed by atoms with Crippen LogP contribution >= 0.6 is 0 Å². The molecule has 1 aliphatic carbocycles. The van der Waals surface area contributed by atoms with Crippen molar-refractivity contribution in [3.8, 4) is 11.1 Å². The molecule has 1 aliphatic heterocycles. The van der Waals surface area contributed by atoms with Gasteiger partial charge in [0, 0.05) is 43.5 Å². The molecule has 1 atom stereocenters. The van der Waals surface area contributed by atoms with Crippen molar-refractivity contribution in [3.05, 3.63) is 54.6 Å². The third-order valence-corrected chi connectivity index (χ3v) is 6.39. The fraction of sp³-hybridized carbons (Fsp3) is 0.458. The Kier molecular flexibility index (Phi) is 6.08. The summed E-state index contributed by atoms with van der Waals surface area (Å²) in [7, 11) is 0. The van der Waals surface area contributed by atoms with E-state index < -0.39 is 0 Å². The van der Waals surface area contributed by atoms with Gasteiger partial charge in [0.25, 0.3) is 0 Å². The Morgan fingerprint density at radius 2 is 1.57 bits per heavy atom. The fourth-order valence-electron chi connectivity index (χ4n) is 4.62. The molecule has 2 aromatic carbocycles. The molecule has 1 heterocycles. The van der Waals surface area contributed by atoms with Crippen LogP contribution in [-0.4, -0.2) is 54.0 Å². The maximum Gasteiger partial charge on any atom is 0.241 e. The quantitative estimate of drug-likeness (QED) is 0.846. The fourth-order valence-corrected chi connectivity index (χ4v) is 4.62. The molecule has 2 aliphatic rings. The SMILES string of the molecule is CC(C(=O)Nc1ccccc1-c1ccccc1)N1CCN(C2CCCC2)CC1. The second-order valence-electron chi connectivity index (χ2n) is 8.09. The number of hydrogen-bond acceptors (Lipinski definition) is 3. The van der Waals surface area contributed by atoms with Gasteiger partial charge in [0.15, 0.2) is 0 Å². The summed E-state index contributed by atoms with van der Waals surface area (Å²) in [4.78, 5) is 17.9. The molecule has 1 saturated carbocycles. The van der Waals surface area contributed by atoms with Crippen LogP contribution in [0.5, 0.6) is 0 Å². The number of carbonyl (C=O) groups is 1. The van der Waals surface area contributed by atoms with Crippen molar-refractivity contribution in [2.45, 2.75) is 44.7 Å². The van der Waals surface area contributed by atoms with Gasteiger partial charge in [-0.05, 0) is 31.4 Å². The van der Waals surface area contributed by atoms with Crippen molar-refractivity contribution in [3.63, 3.8) is 0 Å². The van der Waals surface area contributed by atoms with Crippen molar-refractivity contribution in [1.82, 2.24) is 9.80 Å². The summed E-state index contributed by atoms with van der Waals surface area (Å²) in [6.07, 6.45) is 5.47. The summed E-state index contributed by atoms with van der Waals surface area (Å²) in [5.74, 6) is 0.0812. The minimum Gasteiger partial charge on any atom is -0.324 e. The third kappa shape index (κ3) is 4.29. The number of nitrogens with one attached hydrogen (secondary N) is 1. The number of hydrogen-bond donors (Lipinski definition) is 1. The first-order chi connectivity index (χ1) is 13.7. The van der Waals surface area contributed by atoms with Gasteiger partial charge >= 0.3 is 0 Å². The molecule has 1 amide bonds.